The highest BCUT2D eigenvalue weighted by molar-refractivity contribution is 7.80. The molecule has 5 nitrogen and oxygen atoms in total. The summed E-state index contributed by atoms with van der Waals surface area (Å²) < 4.78 is 10.6. The van der Waals surface area contributed by atoms with Gasteiger partial charge in [0.1, 0.15) is 11.5 Å². The minimum atomic E-state index is -0.161. The Morgan fingerprint density at radius 1 is 1.08 bits per heavy atom. The van der Waals surface area contributed by atoms with Crippen molar-refractivity contribution in [3.05, 3.63) is 53.6 Å². The number of hydrogen-bond acceptors (Lipinski definition) is 4. The summed E-state index contributed by atoms with van der Waals surface area (Å²) >= 11 is 10.9. The number of carbonyl (C=O) groups excluding carboxylic acids is 1. The van der Waals surface area contributed by atoms with E-state index >= 15 is 0 Å². The van der Waals surface area contributed by atoms with E-state index in [4.69, 9.17) is 33.3 Å². The predicted molar refractivity (Wildman–Crippen MR) is 104 cm³/mol. The Morgan fingerprint density at radius 2 is 1.72 bits per heavy atom. The average Bonchev–Trinajstić information content (AvgIpc) is 2.61. The molecule has 0 unspecified atom stereocenters. The van der Waals surface area contributed by atoms with Crippen LogP contribution >= 0.6 is 23.8 Å². The quantitative estimate of drug-likeness (QED) is 0.563. The third-order valence-electron chi connectivity index (χ3n) is 3.23. The van der Waals surface area contributed by atoms with Gasteiger partial charge in [0.2, 0.25) is 5.91 Å². The predicted octanol–water partition coefficient (Wildman–Crippen LogP) is 4.02. The summed E-state index contributed by atoms with van der Waals surface area (Å²) in [5.41, 5.74) is 0.775. The molecule has 0 radical (unpaired) electrons. The number of benzene rings is 2. The fourth-order valence-corrected chi connectivity index (χ4v) is 2.34. The molecule has 0 saturated carbocycles. The Balaban J connectivity index is 1.65. The normalized spacial score (nSPS) is 10.0. The van der Waals surface area contributed by atoms with Crippen LogP contribution in [0.4, 0.5) is 5.69 Å². The Hall–Kier alpha value is -2.31. The molecule has 0 atom stereocenters. The van der Waals surface area contributed by atoms with Gasteiger partial charge < -0.3 is 20.1 Å². The number of hydrogen-bond donors (Lipinski definition) is 2. The van der Waals surface area contributed by atoms with E-state index < -0.39 is 0 Å². The third kappa shape index (κ3) is 6.99. The number of methoxy groups -OCH3 is 1. The van der Waals surface area contributed by atoms with Crippen LogP contribution in [0.15, 0.2) is 48.5 Å². The van der Waals surface area contributed by atoms with Gasteiger partial charge in [0.05, 0.1) is 13.7 Å². The Morgan fingerprint density at radius 3 is 2.36 bits per heavy atom. The number of halogens is 1. The van der Waals surface area contributed by atoms with E-state index in [1.54, 1.807) is 43.5 Å². The van der Waals surface area contributed by atoms with Crippen molar-refractivity contribution in [2.24, 2.45) is 0 Å². The number of nitrogens with one attached hydrogen (secondary N) is 2. The Labute approximate surface area is 157 Å². The van der Waals surface area contributed by atoms with Gasteiger partial charge in [0.15, 0.2) is 5.11 Å². The van der Waals surface area contributed by atoms with Gasteiger partial charge >= 0.3 is 0 Å². The Kier molecular flexibility index (Phi) is 7.50. The molecule has 0 spiro atoms. The van der Waals surface area contributed by atoms with Gasteiger partial charge in [0, 0.05) is 17.1 Å². The maximum absolute atomic E-state index is 11.9. The first kappa shape index (κ1) is 19.0. The van der Waals surface area contributed by atoms with E-state index in [1.807, 2.05) is 12.1 Å². The van der Waals surface area contributed by atoms with Crippen molar-refractivity contribution in [3.8, 4) is 11.5 Å². The molecule has 132 valence electrons. The van der Waals surface area contributed by atoms with Gasteiger partial charge in [-0.25, -0.2) is 0 Å². The van der Waals surface area contributed by atoms with Gasteiger partial charge in [-0.1, -0.05) is 11.6 Å². The van der Waals surface area contributed by atoms with Crippen molar-refractivity contribution < 1.29 is 14.3 Å². The fraction of sp³-hybridized carbons (Fsp3) is 0.222. The summed E-state index contributed by atoms with van der Waals surface area (Å²) in [5, 5.41) is 6.50. The standard InChI is InChI=1S/C18H19ClN2O3S/c1-23-15-10-6-14(7-11-15)20-18(25)21-17(22)3-2-12-24-16-8-4-13(19)5-9-16/h4-11H,2-3,12H2,1H3,(H2,20,21,22,25). The highest BCUT2D eigenvalue weighted by Crippen LogP contribution is 2.16. The number of rotatable bonds is 7. The topological polar surface area (TPSA) is 59.6 Å². The number of anilines is 1. The molecule has 2 N–H and O–H groups in total. The van der Waals surface area contributed by atoms with Gasteiger partial charge in [-0.2, -0.15) is 0 Å². The lowest BCUT2D eigenvalue weighted by atomic mass is 10.3. The SMILES string of the molecule is COc1ccc(NC(=S)NC(=O)CCCOc2ccc(Cl)cc2)cc1. The molecule has 0 saturated heterocycles. The van der Waals surface area contributed by atoms with Gasteiger partial charge in [-0.15, -0.1) is 0 Å². The summed E-state index contributed by atoms with van der Waals surface area (Å²) in [6.07, 6.45) is 0.900. The van der Waals surface area contributed by atoms with Crippen molar-refractivity contribution in [3.63, 3.8) is 0 Å². The van der Waals surface area contributed by atoms with E-state index in [-0.39, 0.29) is 11.0 Å². The largest absolute Gasteiger partial charge is 0.497 e. The van der Waals surface area contributed by atoms with Gasteiger partial charge in [0.25, 0.3) is 0 Å². The van der Waals surface area contributed by atoms with E-state index in [0.29, 0.717) is 24.5 Å². The number of amides is 1. The minimum Gasteiger partial charge on any atom is -0.497 e. The molecule has 0 bridgehead atoms. The van der Waals surface area contributed by atoms with Crippen LogP contribution in [0, 0.1) is 0 Å². The fourth-order valence-electron chi connectivity index (χ4n) is 1.98. The molecule has 0 aliphatic rings. The second-order valence-corrected chi connectivity index (χ2v) is 5.98. The van der Waals surface area contributed by atoms with Crippen molar-refractivity contribution in [1.82, 2.24) is 5.32 Å². The first-order chi connectivity index (χ1) is 12.1. The highest BCUT2D eigenvalue weighted by Gasteiger charge is 2.05. The summed E-state index contributed by atoms with van der Waals surface area (Å²) in [4.78, 5) is 11.9. The van der Waals surface area contributed by atoms with Crippen LogP contribution in [0.1, 0.15) is 12.8 Å². The van der Waals surface area contributed by atoms with E-state index in [1.165, 1.54) is 0 Å². The number of ether oxygens (including phenoxy) is 2. The lowest BCUT2D eigenvalue weighted by molar-refractivity contribution is -0.119. The maximum atomic E-state index is 11.9. The molecule has 0 aliphatic carbocycles. The number of thiocarbonyl (C=S) groups is 1. The van der Waals surface area contributed by atoms with Crippen molar-refractivity contribution in [2.75, 3.05) is 19.0 Å². The molecule has 2 rings (SSSR count). The van der Waals surface area contributed by atoms with Crippen LogP contribution in [0.3, 0.4) is 0 Å². The van der Waals surface area contributed by atoms with E-state index in [2.05, 4.69) is 10.6 Å². The zero-order valence-corrected chi connectivity index (χ0v) is 15.3. The molecule has 2 aromatic carbocycles. The average molecular weight is 379 g/mol. The highest BCUT2D eigenvalue weighted by atomic mass is 35.5. The lowest BCUT2D eigenvalue weighted by Crippen LogP contribution is -2.34. The van der Waals surface area contributed by atoms with Crippen LogP contribution in [0.25, 0.3) is 0 Å². The zero-order chi connectivity index (χ0) is 18.1. The molecule has 0 aromatic heterocycles. The summed E-state index contributed by atoms with van der Waals surface area (Å²) in [6, 6.07) is 14.3. The molecule has 25 heavy (non-hydrogen) atoms. The van der Waals surface area contributed by atoms with Gasteiger partial charge in [-0.05, 0) is 67.2 Å². The summed E-state index contributed by atoms with van der Waals surface area (Å²) in [6.45, 7) is 0.438. The molecule has 7 heteroatoms. The maximum Gasteiger partial charge on any atom is 0.226 e. The molecule has 0 fully saturated rings. The van der Waals surface area contributed by atoms with Crippen LogP contribution < -0.4 is 20.1 Å². The van der Waals surface area contributed by atoms with Crippen molar-refractivity contribution in [2.45, 2.75) is 12.8 Å². The lowest BCUT2D eigenvalue weighted by Gasteiger charge is -2.10. The first-order valence-corrected chi connectivity index (χ1v) is 8.48. The first-order valence-electron chi connectivity index (χ1n) is 7.70. The van der Waals surface area contributed by atoms with Crippen LogP contribution in [0.5, 0.6) is 11.5 Å². The van der Waals surface area contributed by atoms with Crippen LogP contribution in [-0.2, 0) is 4.79 Å². The van der Waals surface area contributed by atoms with Crippen LogP contribution in [0.2, 0.25) is 5.02 Å². The minimum absolute atomic E-state index is 0.161. The number of carbonyl (C=O) groups is 1. The summed E-state index contributed by atoms with van der Waals surface area (Å²) in [7, 11) is 1.60. The van der Waals surface area contributed by atoms with Crippen molar-refractivity contribution >= 4 is 40.5 Å². The molecular formula is C18H19ClN2O3S. The second kappa shape index (κ2) is 9.86. The molecule has 0 aliphatic heterocycles. The second-order valence-electron chi connectivity index (χ2n) is 5.14. The van der Waals surface area contributed by atoms with E-state index in [9.17, 15) is 4.79 Å². The smallest absolute Gasteiger partial charge is 0.226 e. The Bertz CT molecular complexity index is 705. The van der Waals surface area contributed by atoms with E-state index in [0.717, 1.165) is 17.2 Å². The third-order valence-corrected chi connectivity index (χ3v) is 3.69. The molecule has 0 heterocycles. The molecular weight excluding hydrogens is 360 g/mol. The molecule has 1 amide bonds. The van der Waals surface area contributed by atoms with Crippen molar-refractivity contribution in [1.29, 1.82) is 0 Å². The zero-order valence-electron chi connectivity index (χ0n) is 13.8. The van der Waals surface area contributed by atoms with Gasteiger partial charge in [-0.3, -0.25) is 4.79 Å². The van der Waals surface area contributed by atoms with Crippen LogP contribution in [-0.4, -0.2) is 24.7 Å². The molecule has 2 aromatic rings. The summed E-state index contributed by atoms with van der Waals surface area (Å²) in [5.74, 6) is 1.31. The monoisotopic (exact) mass is 378 g/mol.